The van der Waals surface area contributed by atoms with Gasteiger partial charge in [0.1, 0.15) is 0 Å². The largest absolute Gasteiger partial charge is 0.379 e. The quantitative estimate of drug-likeness (QED) is 0.752. The van der Waals surface area contributed by atoms with E-state index in [1.807, 2.05) is 4.90 Å². The molecule has 1 aromatic carbocycles. The molecule has 3 fully saturated rings. The van der Waals surface area contributed by atoms with Crippen molar-refractivity contribution in [3.63, 3.8) is 0 Å². The number of urea groups is 1. The van der Waals surface area contributed by atoms with Gasteiger partial charge >= 0.3 is 6.03 Å². The van der Waals surface area contributed by atoms with Crippen molar-refractivity contribution < 1.29 is 17.9 Å². The summed E-state index contributed by atoms with van der Waals surface area (Å²) in [6.45, 7) is 2.58. The molecule has 3 aliphatic rings. The van der Waals surface area contributed by atoms with Crippen molar-refractivity contribution in [1.82, 2.24) is 14.9 Å². The van der Waals surface area contributed by atoms with Gasteiger partial charge < -0.3 is 15.0 Å². The van der Waals surface area contributed by atoms with Gasteiger partial charge in [0, 0.05) is 25.6 Å². The molecular formula is C18H25N3O4S. The molecule has 8 heteroatoms. The van der Waals surface area contributed by atoms with E-state index in [0.717, 1.165) is 13.2 Å². The van der Waals surface area contributed by atoms with Gasteiger partial charge in [-0.05, 0) is 30.4 Å². The lowest BCUT2D eigenvalue weighted by Gasteiger charge is -2.41. The van der Waals surface area contributed by atoms with E-state index in [4.69, 9.17) is 4.74 Å². The number of nitrogens with one attached hydrogen (secondary N) is 2. The van der Waals surface area contributed by atoms with Crippen LogP contribution in [0.1, 0.15) is 19.3 Å². The molecule has 1 spiro atoms. The zero-order valence-corrected chi connectivity index (χ0v) is 15.5. The lowest BCUT2D eigenvalue weighted by Crippen LogP contribution is -2.47. The Labute approximate surface area is 154 Å². The zero-order chi connectivity index (χ0) is 18.2. The third-order valence-electron chi connectivity index (χ3n) is 6.08. The molecule has 1 saturated carbocycles. The van der Waals surface area contributed by atoms with Crippen LogP contribution in [-0.4, -0.2) is 58.2 Å². The number of benzene rings is 1. The van der Waals surface area contributed by atoms with E-state index in [1.54, 1.807) is 30.3 Å². The molecule has 2 heterocycles. The average Bonchev–Trinajstić information content (AvgIpc) is 3.19. The number of likely N-dealkylation sites (tertiary alicyclic amines) is 1. The van der Waals surface area contributed by atoms with Gasteiger partial charge in [0.25, 0.3) is 0 Å². The number of rotatable bonds is 5. The Morgan fingerprint density at radius 3 is 2.65 bits per heavy atom. The summed E-state index contributed by atoms with van der Waals surface area (Å²) < 4.78 is 32.5. The number of hydrogen-bond donors (Lipinski definition) is 2. The van der Waals surface area contributed by atoms with Gasteiger partial charge in [-0.15, -0.1) is 0 Å². The van der Waals surface area contributed by atoms with Crippen molar-refractivity contribution in [2.24, 2.45) is 11.3 Å². The number of sulfonamides is 1. The summed E-state index contributed by atoms with van der Waals surface area (Å²) in [5, 5.41) is 2.85. The summed E-state index contributed by atoms with van der Waals surface area (Å²) in [5.41, 5.74) is 0.257. The van der Waals surface area contributed by atoms with Gasteiger partial charge in [-0.1, -0.05) is 24.6 Å². The number of amides is 2. The van der Waals surface area contributed by atoms with E-state index in [-0.39, 0.29) is 35.5 Å². The second-order valence-corrected chi connectivity index (χ2v) is 9.26. The first-order valence-corrected chi connectivity index (χ1v) is 10.7. The number of fused-ring (bicyclic) bond motifs is 2. The molecule has 2 amide bonds. The normalized spacial score (nSPS) is 26.5. The van der Waals surface area contributed by atoms with Crippen molar-refractivity contribution in [3.05, 3.63) is 30.3 Å². The molecule has 2 atom stereocenters. The van der Waals surface area contributed by atoms with Crippen LogP contribution in [0, 0.1) is 11.3 Å². The maximum Gasteiger partial charge on any atom is 0.317 e. The Morgan fingerprint density at radius 2 is 1.96 bits per heavy atom. The molecule has 0 aromatic heterocycles. The Balaban J connectivity index is 1.28. The van der Waals surface area contributed by atoms with E-state index >= 15 is 0 Å². The van der Waals surface area contributed by atoms with Crippen LogP contribution >= 0.6 is 0 Å². The standard InChI is InChI=1S/C18H25N3O4S/c22-17(19-9-10-20-26(23,24)14-5-2-1-3-6-14)21-13-18(7-4-8-18)15-11-25-12-16(15)21/h1-3,5-6,15-16,20H,4,7-13H2,(H,19,22). The molecular weight excluding hydrogens is 354 g/mol. The van der Waals surface area contributed by atoms with Gasteiger partial charge in [0.2, 0.25) is 10.0 Å². The van der Waals surface area contributed by atoms with Crippen LogP contribution < -0.4 is 10.0 Å². The summed E-state index contributed by atoms with van der Waals surface area (Å²) in [7, 11) is -3.54. The molecule has 2 unspecified atom stereocenters. The predicted octanol–water partition coefficient (Wildman–Crippen LogP) is 1.18. The lowest BCUT2D eigenvalue weighted by molar-refractivity contribution is 0.0559. The number of hydrogen-bond acceptors (Lipinski definition) is 4. The summed E-state index contributed by atoms with van der Waals surface area (Å²) in [6.07, 6.45) is 3.59. The maximum absolute atomic E-state index is 12.6. The molecule has 7 nitrogen and oxygen atoms in total. The van der Waals surface area contributed by atoms with Gasteiger partial charge in [-0.2, -0.15) is 0 Å². The lowest BCUT2D eigenvalue weighted by atomic mass is 9.62. The second-order valence-electron chi connectivity index (χ2n) is 7.50. The minimum Gasteiger partial charge on any atom is -0.379 e. The van der Waals surface area contributed by atoms with Crippen LogP contribution in [0.5, 0.6) is 0 Å². The zero-order valence-electron chi connectivity index (χ0n) is 14.7. The molecule has 2 N–H and O–H groups in total. The second kappa shape index (κ2) is 6.83. The first kappa shape index (κ1) is 17.8. The third-order valence-corrected chi connectivity index (χ3v) is 7.56. The monoisotopic (exact) mass is 379 g/mol. The first-order chi connectivity index (χ1) is 12.5. The highest BCUT2D eigenvalue weighted by molar-refractivity contribution is 7.89. The molecule has 4 rings (SSSR count). The maximum atomic E-state index is 12.6. The molecule has 2 saturated heterocycles. The highest BCUT2D eigenvalue weighted by Gasteiger charge is 2.58. The van der Waals surface area contributed by atoms with E-state index < -0.39 is 10.0 Å². The van der Waals surface area contributed by atoms with Gasteiger partial charge in [-0.3, -0.25) is 0 Å². The number of nitrogens with zero attached hydrogens (tertiary/aromatic N) is 1. The predicted molar refractivity (Wildman–Crippen MR) is 96.1 cm³/mol. The van der Waals surface area contributed by atoms with E-state index in [9.17, 15) is 13.2 Å². The van der Waals surface area contributed by atoms with Gasteiger partial charge in [0.05, 0.1) is 24.2 Å². The summed E-state index contributed by atoms with van der Waals surface area (Å²) >= 11 is 0. The Morgan fingerprint density at radius 1 is 1.19 bits per heavy atom. The van der Waals surface area contributed by atoms with Gasteiger partial charge in [0.15, 0.2) is 0 Å². The highest BCUT2D eigenvalue weighted by Crippen LogP contribution is 2.55. The molecule has 142 valence electrons. The number of ether oxygens (including phenoxy) is 1. The van der Waals surface area contributed by atoms with Crippen LogP contribution in [0.25, 0.3) is 0 Å². The summed E-state index contributed by atoms with van der Waals surface area (Å²) in [5.74, 6) is 0.457. The Kier molecular flexibility index (Phi) is 4.66. The van der Waals surface area contributed by atoms with Crippen molar-refractivity contribution in [3.8, 4) is 0 Å². The summed E-state index contributed by atoms with van der Waals surface area (Å²) in [6, 6.07) is 8.27. The third kappa shape index (κ3) is 3.10. The fraction of sp³-hybridized carbons (Fsp3) is 0.611. The van der Waals surface area contributed by atoms with Crippen LogP contribution in [-0.2, 0) is 14.8 Å². The first-order valence-electron chi connectivity index (χ1n) is 9.19. The molecule has 26 heavy (non-hydrogen) atoms. The van der Waals surface area contributed by atoms with E-state index in [0.29, 0.717) is 12.5 Å². The Bertz CT molecular complexity index is 764. The van der Waals surface area contributed by atoms with Crippen LogP contribution in [0.3, 0.4) is 0 Å². The minimum absolute atomic E-state index is 0.117. The van der Waals surface area contributed by atoms with Crippen LogP contribution in [0.15, 0.2) is 35.2 Å². The van der Waals surface area contributed by atoms with Crippen molar-refractivity contribution in [1.29, 1.82) is 0 Å². The summed E-state index contributed by atoms with van der Waals surface area (Å²) in [4.78, 5) is 14.7. The van der Waals surface area contributed by atoms with Gasteiger partial charge in [-0.25, -0.2) is 17.9 Å². The molecule has 0 radical (unpaired) electrons. The fourth-order valence-corrected chi connectivity index (χ4v) is 5.58. The van der Waals surface area contributed by atoms with E-state index in [2.05, 4.69) is 10.0 Å². The SMILES string of the molecule is O=C(NCCNS(=O)(=O)c1ccccc1)N1CC2(CCC2)C2COCC21. The topological polar surface area (TPSA) is 87.7 Å². The minimum atomic E-state index is -3.54. The number of carbonyl (C=O) groups excluding carboxylic acids is 1. The molecule has 0 bridgehead atoms. The fourth-order valence-electron chi connectivity index (χ4n) is 4.53. The smallest absolute Gasteiger partial charge is 0.317 e. The van der Waals surface area contributed by atoms with Crippen LogP contribution in [0.2, 0.25) is 0 Å². The van der Waals surface area contributed by atoms with E-state index in [1.165, 1.54) is 19.3 Å². The van der Waals surface area contributed by atoms with Crippen LogP contribution in [0.4, 0.5) is 4.79 Å². The number of carbonyl (C=O) groups is 1. The van der Waals surface area contributed by atoms with Crippen molar-refractivity contribution >= 4 is 16.1 Å². The molecule has 1 aliphatic carbocycles. The molecule has 1 aromatic rings. The molecule has 2 aliphatic heterocycles. The van der Waals surface area contributed by atoms with Crippen molar-refractivity contribution in [2.45, 2.75) is 30.2 Å². The Hall–Kier alpha value is -1.64. The average molecular weight is 379 g/mol. The highest BCUT2D eigenvalue weighted by atomic mass is 32.2. The van der Waals surface area contributed by atoms with Crippen molar-refractivity contribution in [2.75, 3.05) is 32.8 Å².